The Kier molecular flexibility index (Phi) is 4.56. The van der Waals surface area contributed by atoms with Gasteiger partial charge in [-0.2, -0.15) is 18.3 Å². The number of halogens is 3. The fraction of sp³-hybridized carbons (Fsp3) is 0.500. The van der Waals surface area contributed by atoms with Crippen molar-refractivity contribution in [2.75, 3.05) is 18.0 Å². The van der Waals surface area contributed by atoms with Crippen LogP contribution in [0.5, 0.6) is 0 Å². The fourth-order valence-corrected chi connectivity index (χ4v) is 2.68. The molecule has 1 saturated heterocycles. The molecule has 1 aliphatic rings. The molecule has 0 atom stereocenters. The van der Waals surface area contributed by atoms with E-state index in [9.17, 15) is 18.0 Å². The molecule has 3 heterocycles. The van der Waals surface area contributed by atoms with E-state index >= 15 is 0 Å². The predicted octanol–water partition coefficient (Wildman–Crippen LogP) is 1.27. The number of hydrogen-bond donors (Lipinski definition) is 3. The van der Waals surface area contributed by atoms with E-state index in [1.54, 1.807) is 0 Å². The summed E-state index contributed by atoms with van der Waals surface area (Å²) in [5.74, 6) is 1.10. The highest BCUT2D eigenvalue weighted by Gasteiger charge is 2.31. The highest BCUT2D eigenvalue weighted by atomic mass is 19.4. The first-order chi connectivity index (χ1) is 11.4. The Morgan fingerprint density at radius 1 is 1.29 bits per heavy atom. The molecule has 24 heavy (non-hydrogen) atoms. The van der Waals surface area contributed by atoms with E-state index in [-0.39, 0.29) is 11.7 Å². The van der Waals surface area contributed by atoms with Crippen molar-refractivity contribution in [2.24, 2.45) is 0 Å². The van der Waals surface area contributed by atoms with Gasteiger partial charge in [0.2, 0.25) is 0 Å². The van der Waals surface area contributed by atoms with Gasteiger partial charge in [-0.15, -0.1) is 0 Å². The molecule has 7 nitrogen and oxygen atoms in total. The zero-order chi connectivity index (χ0) is 17.2. The Bertz CT molecular complexity index is 715. The Labute approximate surface area is 135 Å². The molecule has 130 valence electrons. The van der Waals surface area contributed by atoms with E-state index < -0.39 is 11.7 Å². The fourth-order valence-electron chi connectivity index (χ4n) is 2.68. The van der Waals surface area contributed by atoms with Crippen LogP contribution in [0, 0.1) is 0 Å². The van der Waals surface area contributed by atoms with Gasteiger partial charge >= 0.3 is 11.9 Å². The van der Waals surface area contributed by atoms with Crippen molar-refractivity contribution in [1.82, 2.24) is 25.5 Å². The number of rotatable bonds is 4. The van der Waals surface area contributed by atoms with Gasteiger partial charge in [-0.25, -0.2) is 14.9 Å². The first kappa shape index (κ1) is 16.5. The Hall–Kier alpha value is -2.36. The Morgan fingerprint density at radius 2 is 2.04 bits per heavy atom. The SMILES string of the molecule is O=c1[nH]nc(CNC2CCN(c3ccc(C(F)(F)F)cn3)CC2)[nH]1. The minimum atomic E-state index is -4.37. The summed E-state index contributed by atoms with van der Waals surface area (Å²) >= 11 is 0. The third-order valence-electron chi connectivity index (χ3n) is 4.00. The largest absolute Gasteiger partial charge is 0.417 e. The Balaban J connectivity index is 1.50. The van der Waals surface area contributed by atoms with Crippen LogP contribution in [-0.4, -0.2) is 39.3 Å². The maximum Gasteiger partial charge on any atom is 0.417 e. The van der Waals surface area contributed by atoms with Gasteiger partial charge in [-0.1, -0.05) is 0 Å². The number of hydrogen-bond acceptors (Lipinski definition) is 5. The van der Waals surface area contributed by atoms with Crippen LogP contribution in [0.2, 0.25) is 0 Å². The number of nitrogens with zero attached hydrogens (tertiary/aromatic N) is 3. The molecular weight excluding hydrogens is 325 g/mol. The van der Waals surface area contributed by atoms with Gasteiger partial charge in [-0.3, -0.25) is 4.98 Å². The second-order valence-corrected chi connectivity index (χ2v) is 5.67. The minimum Gasteiger partial charge on any atom is -0.357 e. The van der Waals surface area contributed by atoms with Crippen molar-refractivity contribution in [2.45, 2.75) is 31.6 Å². The first-order valence-corrected chi connectivity index (χ1v) is 7.57. The lowest BCUT2D eigenvalue weighted by molar-refractivity contribution is -0.137. The van der Waals surface area contributed by atoms with E-state index in [0.717, 1.165) is 25.1 Å². The molecule has 0 unspecified atom stereocenters. The number of nitrogens with one attached hydrogen (secondary N) is 3. The number of piperidine rings is 1. The number of anilines is 1. The molecule has 1 aliphatic heterocycles. The summed E-state index contributed by atoms with van der Waals surface area (Å²) in [7, 11) is 0. The average molecular weight is 342 g/mol. The average Bonchev–Trinajstić information content (AvgIpc) is 2.98. The monoisotopic (exact) mass is 342 g/mol. The quantitative estimate of drug-likeness (QED) is 0.779. The summed E-state index contributed by atoms with van der Waals surface area (Å²) in [6.45, 7) is 1.86. The van der Waals surface area contributed by atoms with E-state index in [0.29, 0.717) is 31.3 Å². The van der Waals surface area contributed by atoms with Crippen molar-refractivity contribution in [3.8, 4) is 0 Å². The lowest BCUT2D eigenvalue weighted by atomic mass is 10.0. The molecule has 10 heteroatoms. The van der Waals surface area contributed by atoms with Gasteiger partial charge < -0.3 is 10.2 Å². The van der Waals surface area contributed by atoms with Gasteiger partial charge in [0.05, 0.1) is 12.1 Å². The first-order valence-electron chi connectivity index (χ1n) is 7.57. The second kappa shape index (κ2) is 6.63. The Morgan fingerprint density at radius 3 is 2.58 bits per heavy atom. The predicted molar refractivity (Wildman–Crippen MR) is 80.5 cm³/mol. The molecule has 0 bridgehead atoms. The van der Waals surface area contributed by atoms with Crippen molar-refractivity contribution in [3.63, 3.8) is 0 Å². The van der Waals surface area contributed by atoms with Crippen LogP contribution in [0.4, 0.5) is 19.0 Å². The molecule has 0 aliphatic carbocycles. The summed E-state index contributed by atoms with van der Waals surface area (Å²) in [6, 6.07) is 2.72. The summed E-state index contributed by atoms with van der Waals surface area (Å²) in [4.78, 5) is 19.4. The molecule has 2 aromatic heterocycles. The van der Waals surface area contributed by atoms with E-state index in [1.807, 2.05) is 4.90 Å². The van der Waals surface area contributed by atoms with Gasteiger partial charge in [0.25, 0.3) is 0 Å². The lowest BCUT2D eigenvalue weighted by Crippen LogP contribution is -2.42. The van der Waals surface area contributed by atoms with Crippen LogP contribution < -0.4 is 15.9 Å². The summed E-state index contributed by atoms with van der Waals surface area (Å²) in [5, 5.41) is 9.43. The van der Waals surface area contributed by atoms with E-state index in [1.165, 1.54) is 6.07 Å². The molecule has 2 aromatic rings. The summed E-state index contributed by atoms with van der Waals surface area (Å²) in [6.07, 6.45) is -1.84. The number of alkyl halides is 3. The van der Waals surface area contributed by atoms with Crippen molar-refractivity contribution in [1.29, 1.82) is 0 Å². The molecule has 0 radical (unpaired) electrons. The van der Waals surface area contributed by atoms with Gasteiger partial charge in [0.15, 0.2) is 0 Å². The van der Waals surface area contributed by atoms with Crippen LogP contribution in [-0.2, 0) is 12.7 Å². The molecule has 0 saturated carbocycles. The molecule has 0 amide bonds. The van der Waals surface area contributed by atoms with Crippen molar-refractivity contribution in [3.05, 3.63) is 40.2 Å². The van der Waals surface area contributed by atoms with Crippen LogP contribution in [0.1, 0.15) is 24.2 Å². The van der Waals surface area contributed by atoms with E-state index in [4.69, 9.17) is 0 Å². The zero-order valence-electron chi connectivity index (χ0n) is 12.7. The smallest absolute Gasteiger partial charge is 0.357 e. The maximum atomic E-state index is 12.5. The van der Waals surface area contributed by atoms with Gasteiger partial charge in [-0.05, 0) is 25.0 Å². The molecule has 0 aromatic carbocycles. The molecule has 0 spiro atoms. The highest BCUT2D eigenvalue weighted by molar-refractivity contribution is 5.40. The van der Waals surface area contributed by atoms with Crippen molar-refractivity contribution < 1.29 is 13.2 Å². The van der Waals surface area contributed by atoms with Crippen LogP contribution in [0.25, 0.3) is 0 Å². The number of aromatic amines is 2. The van der Waals surface area contributed by atoms with Crippen molar-refractivity contribution >= 4 is 5.82 Å². The normalized spacial score (nSPS) is 16.5. The molecule has 1 fully saturated rings. The number of aromatic nitrogens is 4. The third-order valence-corrected chi connectivity index (χ3v) is 4.00. The van der Waals surface area contributed by atoms with Crippen LogP contribution >= 0.6 is 0 Å². The number of H-pyrrole nitrogens is 2. The van der Waals surface area contributed by atoms with Gasteiger partial charge in [0.1, 0.15) is 11.6 Å². The third kappa shape index (κ3) is 3.94. The minimum absolute atomic E-state index is 0.260. The lowest BCUT2D eigenvalue weighted by Gasteiger charge is -2.33. The second-order valence-electron chi connectivity index (χ2n) is 5.67. The molecule has 3 rings (SSSR count). The number of pyridine rings is 1. The van der Waals surface area contributed by atoms with Gasteiger partial charge in [0, 0.05) is 25.3 Å². The van der Waals surface area contributed by atoms with E-state index in [2.05, 4.69) is 25.5 Å². The maximum absolute atomic E-state index is 12.5. The summed E-state index contributed by atoms with van der Waals surface area (Å²) in [5.41, 5.74) is -1.08. The zero-order valence-corrected chi connectivity index (χ0v) is 12.7. The topological polar surface area (TPSA) is 89.7 Å². The van der Waals surface area contributed by atoms with Crippen LogP contribution in [0.3, 0.4) is 0 Å². The molecule has 3 N–H and O–H groups in total. The standard InChI is InChI=1S/C14H17F3N6O/c15-14(16,17)9-1-2-12(19-7-9)23-5-3-10(4-6-23)18-8-11-20-13(24)22-21-11/h1-2,7,10,18H,3-6,8H2,(H2,20,21,22,24). The summed E-state index contributed by atoms with van der Waals surface area (Å²) < 4.78 is 37.6. The van der Waals surface area contributed by atoms with Crippen LogP contribution in [0.15, 0.2) is 23.1 Å². The highest BCUT2D eigenvalue weighted by Crippen LogP contribution is 2.29. The molecular formula is C14H17F3N6O.